The number of nitrogen functional groups attached to an aromatic ring is 1. The van der Waals surface area contributed by atoms with E-state index in [0.29, 0.717) is 0 Å². The number of nitrogens with one attached hydrogen (secondary N) is 1. The van der Waals surface area contributed by atoms with Crippen molar-refractivity contribution in [2.75, 3.05) is 18.1 Å². The van der Waals surface area contributed by atoms with E-state index in [1.807, 2.05) is 31.4 Å². The fourth-order valence-corrected chi connectivity index (χ4v) is 2.34. The topological polar surface area (TPSA) is 63.8 Å². The minimum absolute atomic E-state index is 0.732. The molecule has 0 spiro atoms. The third-order valence-electron chi connectivity index (χ3n) is 3.48. The molecule has 0 aliphatic heterocycles. The van der Waals surface area contributed by atoms with Crippen molar-refractivity contribution in [3.05, 3.63) is 48.4 Å². The van der Waals surface area contributed by atoms with Gasteiger partial charge in [-0.3, -0.25) is 4.98 Å². The molecule has 4 nitrogen and oxygen atoms in total. The van der Waals surface area contributed by atoms with E-state index in [2.05, 4.69) is 28.3 Å². The molecule has 3 aromatic rings. The number of hydrogen-bond donors (Lipinski definition) is 2. The number of pyridine rings is 2. The molecule has 0 bridgehead atoms. The molecule has 0 radical (unpaired) electrons. The van der Waals surface area contributed by atoms with Gasteiger partial charge >= 0.3 is 0 Å². The second-order valence-electron chi connectivity index (χ2n) is 4.80. The Bertz CT molecular complexity index is 781. The van der Waals surface area contributed by atoms with Crippen molar-refractivity contribution < 1.29 is 0 Å². The minimum Gasteiger partial charge on any atom is -0.398 e. The Labute approximate surface area is 117 Å². The molecule has 0 unspecified atom stereocenters. The van der Waals surface area contributed by atoms with Crippen LogP contribution >= 0.6 is 0 Å². The maximum atomic E-state index is 6.16. The van der Waals surface area contributed by atoms with Crippen LogP contribution in [0, 0.1) is 6.92 Å². The molecule has 3 N–H and O–H groups in total. The van der Waals surface area contributed by atoms with Gasteiger partial charge in [0.2, 0.25) is 0 Å². The zero-order valence-electron chi connectivity index (χ0n) is 11.5. The maximum absolute atomic E-state index is 6.16. The van der Waals surface area contributed by atoms with Crippen LogP contribution in [0.1, 0.15) is 5.56 Å². The smallest absolute Gasteiger partial charge is 0.126 e. The van der Waals surface area contributed by atoms with Gasteiger partial charge in [-0.05, 0) is 47.7 Å². The molecular weight excluding hydrogens is 248 g/mol. The first kappa shape index (κ1) is 12.4. The number of aromatic nitrogens is 2. The van der Waals surface area contributed by atoms with Crippen molar-refractivity contribution in [2.45, 2.75) is 6.92 Å². The Morgan fingerprint density at radius 2 is 2.00 bits per heavy atom. The predicted octanol–water partition coefficient (Wildman–Crippen LogP) is 3.23. The van der Waals surface area contributed by atoms with Crippen molar-refractivity contribution in [1.82, 2.24) is 9.97 Å². The summed E-state index contributed by atoms with van der Waals surface area (Å²) in [5.74, 6) is 0.831. The number of benzene rings is 1. The molecule has 4 heteroatoms. The lowest BCUT2D eigenvalue weighted by atomic mass is 9.99. The van der Waals surface area contributed by atoms with Gasteiger partial charge < -0.3 is 11.1 Å². The largest absolute Gasteiger partial charge is 0.398 e. The molecule has 1 aromatic carbocycles. The molecule has 0 saturated carbocycles. The summed E-state index contributed by atoms with van der Waals surface area (Å²) >= 11 is 0. The van der Waals surface area contributed by atoms with Crippen LogP contribution in [0.15, 0.2) is 42.9 Å². The molecule has 0 aliphatic carbocycles. The van der Waals surface area contributed by atoms with E-state index in [1.54, 1.807) is 12.4 Å². The van der Waals surface area contributed by atoms with Gasteiger partial charge in [0.1, 0.15) is 5.82 Å². The SMILES string of the molecule is CNc1cc2cc(-c3cnccc3C)cc(N)c2cn1. The quantitative estimate of drug-likeness (QED) is 0.697. The number of aryl methyl sites for hydroxylation is 1. The van der Waals surface area contributed by atoms with E-state index in [4.69, 9.17) is 5.73 Å². The molecule has 0 amide bonds. The van der Waals surface area contributed by atoms with E-state index in [0.717, 1.165) is 33.4 Å². The standard InChI is InChI=1S/C16H16N4/c1-10-3-4-19-8-13(10)11-5-12-7-16(18-2)20-9-14(12)15(17)6-11/h3-9H,17H2,1-2H3,(H,18,20). The van der Waals surface area contributed by atoms with Crippen LogP contribution in [0.5, 0.6) is 0 Å². The molecule has 0 fully saturated rings. The zero-order valence-corrected chi connectivity index (χ0v) is 11.5. The number of rotatable bonds is 2. The average molecular weight is 264 g/mol. The molecular formula is C16H16N4. The van der Waals surface area contributed by atoms with Crippen LogP contribution in [0.4, 0.5) is 11.5 Å². The third kappa shape index (κ3) is 2.05. The van der Waals surface area contributed by atoms with E-state index < -0.39 is 0 Å². The second kappa shape index (κ2) is 4.81. The van der Waals surface area contributed by atoms with E-state index in [-0.39, 0.29) is 0 Å². The molecule has 2 aromatic heterocycles. The van der Waals surface area contributed by atoms with Gasteiger partial charge in [0.05, 0.1) is 0 Å². The highest BCUT2D eigenvalue weighted by Crippen LogP contribution is 2.31. The van der Waals surface area contributed by atoms with E-state index in [9.17, 15) is 0 Å². The molecule has 0 aliphatic rings. The Hall–Kier alpha value is -2.62. The molecule has 0 saturated heterocycles. The van der Waals surface area contributed by atoms with Crippen LogP contribution < -0.4 is 11.1 Å². The summed E-state index contributed by atoms with van der Waals surface area (Å²) in [5, 5.41) is 5.08. The monoisotopic (exact) mass is 264 g/mol. The first-order chi connectivity index (χ1) is 9.69. The van der Waals surface area contributed by atoms with Crippen molar-refractivity contribution >= 4 is 22.3 Å². The minimum atomic E-state index is 0.732. The van der Waals surface area contributed by atoms with Crippen LogP contribution in [-0.2, 0) is 0 Å². The highest BCUT2D eigenvalue weighted by molar-refractivity contribution is 5.97. The highest BCUT2D eigenvalue weighted by Gasteiger charge is 2.07. The second-order valence-corrected chi connectivity index (χ2v) is 4.80. The van der Waals surface area contributed by atoms with Crippen LogP contribution in [-0.4, -0.2) is 17.0 Å². The Morgan fingerprint density at radius 1 is 1.15 bits per heavy atom. The third-order valence-corrected chi connectivity index (χ3v) is 3.48. The Balaban J connectivity index is 2.25. The van der Waals surface area contributed by atoms with Crippen molar-refractivity contribution in [3.8, 4) is 11.1 Å². The molecule has 2 heterocycles. The lowest BCUT2D eigenvalue weighted by molar-refractivity contribution is 1.29. The van der Waals surface area contributed by atoms with Gasteiger partial charge in [0.15, 0.2) is 0 Å². The van der Waals surface area contributed by atoms with Gasteiger partial charge in [-0.1, -0.05) is 0 Å². The fourth-order valence-electron chi connectivity index (χ4n) is 2.34. The Kier molecular flexibility index (Phi) is 2.99. The summed E-state index contributed by atoms with van der Waals surface area (Å²) in [6.45, 7) is 2.07. The van der Waals surface area contributed by atoms with Gasteiger partial charge in [-0.2, -0.15) is 0 Å². The predicted molar refractivity (Wildman–Crippen MR) is 83.7 cm³/mol. The summed E-state index contributed by atoms with van der Waals surface area (Å²) in [4.78, 5) is 8.50. The molecule has 20 heavy (non-hydrogen) atoms. The summed E-state index contributed by atoms with van der Waals surface area (Å²) in [6.07, 6.45) is 5.47. The molecule has 100 valence electrons. The lowest BCUT2D eigenvalue weighted by Gasteiger charge is -2.10. The molecule has 3 rings (SSSR count). The number of nitrogens with two attached hydrogens (primary N) is 1. The van der Waals surface area contributed by atoms with Gasteiger partial charge in [-0.15, -0.1) is 0 Å². The number of fused-ring (bicyclic) bond motifs is 1. The number of hydrogen-bond acceptors (Lipinski definition) is 4. The van der Waals surface area contributed by atoms with E-state index >= 15 is 0 Å². The Morgan fingerprint density at radius 3 is 2.75 bits per heavy atom. The van der Waals surface area contributed by atoms with Crippen LogP contribution in [0.25, 0.3) is 21.9 Å². The number of anilines is 2. The summed E-state index contributed by atoms with van der Waals surface area (Å²) < 4.78 is 0. The van der Waals surface area contributed by atoms with E-state index in [1.165, 1.54) is 5.56 Å². The first-order valence-corrected chi connectivity index (χ1v) is 6.47. The van der Waals surface area contributed by atoms with Gasteiger partial charge in [0, 0.05) is 42.3 Å². The zero-order chi connectivity index (χ0) is 14.1. The average Bonchev–Trinajstić information content (AvgIpc) is 2.47. The summed E-state index contributed by atoms with van der Waals surface area (Å²) in [6, 6.07) is 8.10. The van der Waals surface area contributed by atoms with Crippen molar-refractivity contribution in [2.24, 2.45) is 0 Å². The normalized spacial score (nSPS) is 10.7. The van der Waals surface area contributed by atoms with Crippen molar-refractivity contribution in [1.29, 1.82) is 0 Å². The first-order valence-electron chi connectivity index (χ1n) is 6.47. The van der Waals surface area contributed by atoms with Crippen molar-refractivity contribution in [3.63, 3.8) is 0 Å². The number of nitrogens with zero attached hydrogens (tertiary/aromatic N) is 2. The van der Waals surface area contributed by atoms with Gasteiger partial charge in [0.25, 0.3) is 0 Å². The molecule has 0 atom stereocenters. The summed E-state index contributed by atoms with van der Waals surface area (Å²) in [5.41, 5.74) is 10.2. The highest BCUT2D eigenvalue weighted by atomic mass is 14.9. The van der Waals surface area contributed by atoms with Gasteiger partial charge in [-0.25, -0.2) is 4.98 Å². The lowest BCUT2D eigenvalue weighted by Crippen LogP contribution is -1.95. The maximum Gasteiger partial charge on any atom is 0.126 e. The summed E-state index contributed by atoms with van der Waals surface area (Å²) in [7, 11) is 1.85. The van der Waals surface area contributed by atoms with Crippen LogP contribution in [0.2, 0.25) is 0 Å². The van der Waals surface area contributed by atoms with Crippen LogP contribution in [0.3, 0.4) is 0 Å². The fraction of sp³-hybridized carbons (Fsp3) is 0.125.